The second-order valence-corrected chi connectivity index (χ2v) is 8.28. The standard InChI is InChI=1S/C26H31NO5/c1-5-9-21(25(28)27-22(18(2)3)17-32-26(27)29)14-20-12-13-23(24(15-20)30-4)31-16-19-10-7-6-8-11-19/h5-8,10-13,15,18,21-22H,1,9,14,16-17H2,2-4H3/t21-,22+/m0/s1. The predicted molar refractivity (Wildman–Crippen MR) is 123 cm³/mol. The van der Waals surface area contributed by atoms with Crippen LogP contribution in [0.1, 0.15) is 31.4 Å². The van der Waals surface area contributed by atoms with Gasteiger partial charge in [-0.1, -0.05) is 56.3 Å². The van der Waals surface area contributed by atoms with E-state index < -0.39 is 12.0 Å². The van der Waals surface area contributed by atoms with Gasteiger partial charge >= 0.3 is 6.09 Å². The van der Waals surface area contributed by atoms with Gasteiger partial charge in [-0.05, 0) is 42.0 Å². The van der Waals surface area contributed by atoms with E-state index in [0.29, 0.717) is 30.9 Å². The number of rotatable bonds is 10. The summed E-state index contributed by atoms with van der Waals surface area (Å²) in [5.41, 5.74) is 1.98. The van der Waals surface area contributed by atoms with Crippen LogP contribution in [0.4, 0.5) is 4.79 Å². The molecule has 2 aromatic rings. The number of benzene rings is 2. The molecule has 0 aliphatic carbocycles. The summed E-state index contributed by atoms with van der Waals surface area (Å²) in [4.78, 5) is 26.8. The number of imide groups is 1. The molecular weight excluding hydrogens is 406 g/mol. The van der Waals surface area contributed by atoms with Crippen molar-refractivity contribution in [2.75, 3.05) is 13.7 Å². The summed E-state index contributed by atoms with van der Waals surface area (Å²) in [6.07, 6.45) is 2.06. The highest BCUT2D eigenvalue weighted by Crippen LogP contribution is 2.31. The Hall–Kier alpha value is -3.28. The average Bonchev–Trinajstić information content (AvgIpc) is 3.19. The van der Waals surface area contributed by atoms with Crippen LogP contribution >= 0.6 is 0 Å². The lowest BCUT2D eigenvalue weighted by Gasteiger charge is -2.26. The van der Waals surface area contributed by atoms with Gasteiger partial charge in [0.15, 0.2) is 11.5 Å². The fourth-order valence-corrected chi connectivity index (χ4v) is 3.83. The molecule has 1 fully saturated rings. The summed E-state index contributed by atoms with van der Waals surface area (Å²) in [6, 6.07) is 15.3. The Morgan fingerprint density at radius 1 is 1.19 bits per heavy atom. The van der Waals surface area contributed by atoms with Gasteiger partial charge in [0.05, 0.1) is 13.2 Å². The predicted octanol–water partition coefficient (Wildman–Crippen LogP) is 5.01. The Labute approximate surface area is 189 Å². The molecule has 3 rings (SSSR count). The molecule has 0 spiro atoms. The van der Waals surface area contributed by atoms with E-state index in [1.165, 1.54) is 4.90 Å². The van der Waals surface area contributed by atoms with Crippen LogP contribution < -0.4 is 9.47 Å². The monoisotopic (exact) mass is 437 g/mol. The number of methoxy groups -OCH3 is 1. The molecule has 1 aliphatic rings. The first-order valence-corrected chi connectivity index (χ1v) is 10.9. The van der Waals surface area contributed by atoms with Crippen molar-refractivity contribution in [2.24, 2.45) is 11.8 Å². The molecular formula is C26H31NO5. The molecule has 0 saturated carbocycles. The van der Waals surface area contributed by atoms with E-state index >= 15 is 0 Å². The maximum atomic E-state index is 13.3. The van der Waals surface area contributed by atoms with E-state index in [-0.39, 0.29) is 24.5 Å². The minimum atomic E-state index is -0.565. The molecule has 2 amide bonds. The number of hydrogen-bond acceptors (Lipinski definition) is 5. The molecule has 32 heavy (non-hydrogen) atoms. The number of allylic oxidation sites excluding steroid dienone is 1. The first-order chi connectivity index (χ1) is 15.4. The molecule has 6 heteroatoms. The lowest BCUT2D eigenvalue weighted by molar-refractivity contribution is -0.133. The number of amides is 2. The maximum Gasteiger partial charge on any atom is 0.416 e. The molecule has 2 atom stereocenters. The van der Waals surface area contributed by atoms with Crippen LogP contribution in [-0.4, -0.2) is 36.7 Å². The summed E-state index contributed by atoms with van der Waals surface area (Å²) >= 11 is 0. The van der Waals surface area contributed by atoms with Crippen LogP contribution in [0.5, 0.6) is 11.5 Å². The number of cyclic esters (lactones) is 1. The van der Waals surface area contributed by atoms with Gasteiger partial charge < -0.3 is 14.2 Å². The van der Waals surface area contributed by atoms with Crippen LogP contribution in [0, 0.1) is 11.8 Å². The quantitative estimate of drug-likeness (QED) is 0.489. The molecule has 0 unspecified atom stereocenters. The zero-order valence-corrected chi connectivity index (χ0v) is 19.0. The normalized spacial score (nSPS) is 16.6. The van der Waals surface area contributed by atoms with Gasteiger partial charge in [-0.15, -0.1) is 6.58 Å². The molecule has 1 heterocycles. The van der Waals surface area contributed by atoms with Crippen molar-refractivity contribution in [2.45, 2.75) is 39.3 Å². The van der Waals surface area contributed by atoms with Crippen molar-refractivity contribution >= 4 is 12.0 Å². The Morgan fingerprint density at radius 2 is 1.94 bits per heavy atom. The van der Waals surface area contributed by atoms with Gasteiger partial charge in [-0.3, -0.25) is 4.79 Å². The first-order valence-electron chi connectivity index (χ1n) is 10.9. The third-order valence-electron chi connectivity index (χ3n) is 5.66. The third-order valence-corrected chi connectivity index (χ3v) is 5.66. The number of carbonyl (C=O) groups is 2. The molecule has 0 aromatic heterocycles. The van der Waals surface area contributed by atoms with Gasteiger partial charge in [0.2, 0.25) is 5.91 Å². The second kappa shape index (κ2) is 10.8. The van der Waals surface area contributed by atoms with E-state index in [9.17, 15) is 9.59 Å². The third kappa shape index (κ3) is 5.49. The molecule has 1 aliphatic heterocycles. The fourth-order valence-electron chi connectivity index (χ4n) is 3.83. The summed E-state index contributed by atoms with van der Waals surface area (Å²) in [5, 5.41) is 0. The Balaban J connectivity index is 1.74. The largest absolute Gasteiger partial charge is 0.493 e. The Kier molecular flexibility index (Phi) is 7.92. The number of nitrogens with zero attached hydrogens (tertiary/aromatic N) is 1. The molecule has 0 bridgehead atoms. The van der Waals surface area contributed by atoms with Crippen molar-refractivity contribution in [3.63, 3.8) is 0 Å². The fraction of sp³-hybridized carbons (Fsp3) is 0.385. The SMILES string of the molecule is C=CC[C@@H](Cc1ccc(OCc2ccccc2)c(OC)c1)C(=O)N1C(=O)OC[C@@H]1C(C)C. The highest BCUT2D eigenvalue weighted by atomic mass is 16.6. The van der Waals surface area contributed by atoms with Crippen LogP contribution in [0.2, 0.25) is 0 Å². The van der Waals surface area contributed by atoms with Crippen molar-refractivity contribution in [3.05, 3.63) is 72.3 Å². The molecule has 2 aromatic carbocycles. The summed E-state index contributed by atoms with van der Waals surface area (Å²) < 4.78 is 16.6. The van der Waals surface area contributed by atoms with E-state index in [4.69, 9.17) is 14.2 Å². The number of hydrogen-bond donors (Lipinski definition) is 0. The molecule has 0 N–H and O–H groups in total. The van der Waals surface area contributed by atoms with Gasteiger partial charge in [0, 0.05) is 5.92 Å². The highest BCUT2D eigenvalue weighted by molar-refractivity contribution is 5.95. The number of ether oxygens (including phenoxy) is 3. The minimum absolute atomic E-state index is 0.121. The van der Waals surface area contributed by atoms with Crippen molar-refractivity contribution < 1.29 is 23.8 Å². The van der Waals surface area contributed by atoms with Crippen LogP contribution in [0.3, 0.4) is 0 Å². The topological polar surface area (TPSA) is 65.1 Å². The minimum Gasteiger partial charge on any atom is -0.493 e. The Bertz CT molecular complexity index is 940. The molecule has 1 saturated heterocycles. The van der Waals surface area contributed by atoms with Crippen molar-refractivity contribution in [1.82, 2.24) is 4.90 Å². The van der Waals surface area contributed by atoms with Gasteiger partial charge in [-0.25, -0.2) is 9.69 Å². The van der Waals surface area contributed by atoms with E-state index in [1.54, 1.807) is 13.2 Å². The number of carbonyl (C=O) groups excluding carboxylic acids is 2. The van der Waals surface area contributed by atoms with Crippen molar-refractivity contribution in [1.29, 1.82) is 0 Å². The van der Waals surface area contributed by atoms with Gasteiger partial charge in [0.25, 0.3) is 0 Å². The maximum absolute atomic E-state index is 13.3. The molecule has 0 radical (unpaired) electrons. The van der Waals surface area contributed by atoms with E-state index in [0.717, 1.165) is 11.1 Å². The zero-order valence-electron chi connectivity index (χ0n) is 19.0. The lowest BCUT2D eigenvalue weighted by atomic mass is 9.93. The molecule has 170 valence electrons. The van der Waals surface area contributed by atoms with Crippen LogP contribution in [0.15, 0.2) is 61.2 Å². The second-order valence-electron chi connectivity index (χ2n) is 8.28. The summed E-state index contributed by atoms with van der Waals surface area (Å²) in [7, 11) is 1.59. The van der Waals surface area contributed by atoms with Gasteiger partial charge in [0.1, 0.15) is 13.2 Å². The van der Waals surface area contributed by atoms with Crippen LogP contribution in [0.25, 0.3) is 0 Å². The average molecular weight is 438 g/mol. The van der Waals surface area contributed by atoms with Crippen molar-refractivity contribution in [3.8, 4) is 11.5 Å². The van der Waals surface area contributed by atoms with Crippen LogP contribution in [-0.2, 0) is 22.6 Å². The molecule has 6 nitrogen and oxygen atoms in total. The highest BCUT2D eigenvalue weighted by Gasteiger charge is 2.41. The first kappa shape index (κ1) is 23.4. The summed E-state index contributed by atoms with van der Waals surface area (Å²) in [5.74, 6) is 0.712. The van der Waals surface area contributed by atoms with Gasteiger partial charge in [-0.2, -0.15) is 0 Å². The smallest absolute Gasteiger partial charge is 0.416 e. The lowest BCUT2D eigenvalue weighted by Crippen LogP contribution is -2.45. The summed E-state index contributed by atoms with van der Waals surface area (Å²) in [6.45, 7) is 8.43. The van der Waals surface area contributed by atoms with E-state index in [2.05, 4.69) is 6.58 Å². The zero-order chi connectivity index (χ0) is 23.1. The van der Waals surface area contributed by atoms with E-state index in [1.807, 2.05) is 62.4 Å². The Morgan fingerprint density at radius 3 is 2.59 bits per heavy atom.